The smallest absolute Gasteiger partial charge is 0.264 e. The maximum atomic E-state index is 11.9. The summed E-state index contributed by atoms with van der Waals surface area (Å²) < 4.78 is 0. The van der Waals surface area contributed by atoms with Gasteiger partial charge in [-0.15, -0.1) is 11.3 Å². The van der Waals surface area contributed by atoms with Gasteiger partial charge in [0.25, 0.3) is 5.91 Å². The SMILES string of the molecule is CNCCN(C)C(=O)CN(C)C(=O)c1cccs1. The summed E-state index contributed by atoms with van der Waals surface area (Å²) in [4.78, 5) is 27.5. The van der Waals surface area contributed by atoms with E-state index in [9.17, 15) is 9.59 Å². The Hall–Kier alpha value is -1.40. The summed E-state index contributed by atoms with van der Waals surface area (Å²) in [5.74, 6) is -0.168. The Kier molecular flexibility index (Phi) is 5.80. The average Bonchev–Trinajstić information content (AvgIpc) is 2.88. The van der Waals surface area contributed by atoms with Crippen molar-refractivity contribution in [2.75, 3.05) is 40.8 Å². The van der Waals surface area contributed by atoms with E-state index in [4.69, 9.17) is 0 Å². The number of rotatable bonds is 6. The largest absolute Gasteiger partial charge is 0.343 e. The molecule has 0 fully saturated rings. The highest BCUT2D eigenvalue weighted by Crippen LogP contribution is 2.10. The molecule has 2 amide bonds. The molecule has 0 unspecified atom stereocenters. The van der Waals surface area contributed by atoms with E-state index in [0.29, 0.717) is 11.4 Å². The van der Waals surface area contributed by atoms with Crippen LogP contribution in [-0.2, 0) is 4.79 Å². The number of thiophene rings is 1. The van der Waals surface area contributed by atoms with Gasteiger partial charge in [0.05, 0.1) is 11.4 Å². The van der Waals surface area contributed by atoms with E-state index in [2.05, 4.69) is 5.32 Å². The Balaban J connectivity index is 2.46. The molecule has 6 heteroatoms. The lowest BCUT2D eigenvalue weighted by Crippen LogP contribution is -2.41. The van der Waals surface area contributed by atoms with Crippen molar-refractivity contribution in [3.05, 3.63) is 22.4 Å². The van der Waals surface area contributed by atoms with Gasteiger partial charge in [0, 0.05) is 27.2 Å². The molecule has 0 saturated heterocycles. The van der Waals surface area contributed by atoms with Crippen LogP contribution in [-0.4, -0.2) is 62.4 Å². The summed E-state index contributed by atoms with van der Waals surface area (Å²) in [6.07, 6.45) is 0. The highest BCUT2D eigenvalue weighted by molar-refractivity contribution is 7.12. The minimum absolute atomic E-state index is 0.0577. The second kappa shape index (κ2) is 7.13. The van der Waals surface area contributed by atoms with Gasteiger partial charge in [0.15, 0.2) is 0 Å². The Labute approximate surface area is 111 Å². The monoisotopic (exact) mass is 269 g/mol. The predicted molar refractivity (Wildman–Crippen MR) is 72.8 cm³/mol. The highest BCUT2D eigenvalue weighted by atomic mass is 32.1. The Bertz CT molecular complexity index is 392. The van der Waals surface area contributed by atoms with Crippen molar-refractivity contribution in [2.24, 2.45) is 0 Å². The summed E-state index contributed by atoms with van der Waals surface area (Å²) in [5, 5.41) is 4.83. The number of amides is 2. The Morgan fingerprint density at radius 2 is 2.06 bits per heavy atom. The molecule has 0 saturated carbocycles. The number of likely N-dealkylation sites (N-methyl/N-ethyl adjacent to an activating group) is 3. The summed E-state index contributed by atoms with van der Waals surface area (Å²) in [6.45, 7) is 1.48. The van der Waals surface area contributed by atoms with Gasteiger partial charge in [-0.2, -0.15) is 0 Å². The maximum absolute atomic E-state index is 11.9. The lowest BCUT2D eigenvalue weighted by molar-refractivity contribution is -0.130. The number of hydrogen-bond donors (Lipinski definition) is 1. The second-order valence-corrected chi connectivity index (χ2v) is 5.01. The molecule has 0 atom stereocenters. The summed E-state index contributed by atoms with van der Waals surface area (Å²) >= 11 is 1.38. The van der Waals surface area contributed by atoms with Crippen LogP contribution in [0.15, 0.2) is 17.5 Å². The molecule has 0 spiro atoms. The van der Waals surface area contributed by atoms with Crippen LogP contribution in [0, 0.1) is 0 Å². The second-order valence-electron chi connectivity index (χ2n) is 4.06. The van der Waals surface area contributed by atoms with E-state index < -0.39 is 0 Å². The van der Waals surface area contributed by atoms with E-state index in [-0.39, 0.29) is 18.4 Å². The third-order valence-corrected chi connectivity index (χ3v) is 3.43. The number of nitrogens with one attached hydrogen (secondary N) is 1. The topological polar surface area (TPSA) is 52.7 Å². The molecule has 1 aromatic heterocycles. The predicted octanol–water partition coefficient (Wildman–Crippen LogP) is 0.498. The molecule has 5 nitrogen and oxygen atoms in total. The van der Waals surface area contributed by atoms with Crippen LogP contribution in [0.1, 0.15) is 9.67 Å². The summed E-state index contributed by atoms with van der Waals surface area (Å²) in [6, 6.07) is 3.59. The van der Waals surface area contributed by atoms with Gasteiger partial charge in [-0.25, -0.2) is 0 Å². The molecule has 0 aliphatic heterocycles. The molecular formula is C12H19N3O2S. The molecule has 0 radical (unpaired) electrons. The van der Waals surface area contributed by atoms with E-state index >= 15 is 0 Å². The van der Waals surface area contributed by atoms with Crippen LogP contribution in [0.5, 0.6) is 0 Å². The highest BCUT2D eigenvalue weighted by Gasteiger charge is 2.17. The minimum atomic E-state index is -0.111. The standard InChI is InChI=1S/C12H19N3O2S/c1-13-6-7-14(2)11(16)9-15(3)12(17)10-5-4-8-18-10/h4-5,8,13H,6-7,9H2,1-3H3. The molecule has 0 bridgehead atoms. The fourth-order valence-corrected chi connectivity index (χ4v) is 2.11. The third kappa shape index (κ3) is 4.12. The van der Waals surface area contributed by atoms with E-state index in [1.807, 2.05) is 18.5 Å². The fraction of sp³-hybridized carbons (Fsp3) is 0.500. The van der Waals surface area contributed by atoms with Gasteiger partial charge in [-0.3, -0.25) is 9.59 Å². The van der Waals surface area contributed by atoms with Crippen LogP contribution in [0.4, 0.5) is 0 Å². The van der Waals surface area contributed by atoms with E-state index in [1.165, 1.54) is 16.2 Å². The van der Waals surface area contributed by atoms with Crippen LogP contribution < -0.4 is 5.32 Å². The van der Waals surface area contributed by atoms with Gasteiger partial charge < -0.3 is 15.1 Å². The van der Waals surface area contributed by atoms with Crippen molar-refractivity contribution in [3.63, 3.8) is 0 Å². The lowest BCUT2D eigenvalue weighted by atomic mass is 10.4. The molecule has 1 N–H and O–H groups in total. The van der Waals surface area contributed by atoms with Gasteiger partial charge in [-0.05, 0) is 18.5 Å². The first-order valence-electron chi connectivity index (χ1n) is 5.73. The van der Waals surface area contributed by atoms with Crippen LogP contribution >= 0.6 is 11.3 Å². The Morgan fingerprint density at radius 1 is 1.33 bits per heavy atom. The normalized spacial score (nSPS) is 10.2. The van der Waals surface area contributed by atoms with Crippen molar-refractivity contribution < 1.29 is 9.59 Å². The van der Waals surface area contributed by atoms with Crippen LogP contribution in [0.3, 0.4) is 0 Å². The molecule has 0 aliphatic rings. The number of carbonyl (C=O) groups is 2. The number of nitrogens with zero attached hydrogens (tertiary/aromatic N) is 2. The van der Waals surface area contributed by atoms with Crippen LogP contribution in [0.25, 0.3) is 0 Å². The number of carbonyl (C=O) groups excluding carboxylic acids is 2. The first kappa shape index (κ1) is 14.7. The zero-order chi connectivity index (χ0) is 13.5. The van der Waals surface area contributed by atoms with Crippen molar-refractivity contribution in [3.8, 4) is 0 Å². The van der Waals surface area contributed by atoms with Crippen LogP contribution in [0.2, 0.25) is 0 Å². The zero-order valence-electron chi connectivity index (χ0n) is 11.0. The molecular weight excluding hydrogens is 250 g/mol. The number of hydrogen-bond acceptors (Lipinski definition) is 4. The van der Waals surface area contributed by atoms with E-state index in [1.54, 1.807) is 25.1 Å². The summed E-state index contributed by atoms with van der Waals surface area (Å²) in [5.41, 5.74) is 0. The van der Waals surface area contributed by atoms with Gasteiger partial charge in [0.1, 0.15) is 0 Å². The molecule has 100 valence electrons. The fourth-order valence-electron chi connectivity index (χ4n) is 1.39. The Morgan fingerprint density at radius 3 is 2.61 bits per heavy atom. The van der Waals surface area contributed by atoms with Crippen molar-refractivity contribution >= 4 is 23.2 Å². The molecule has 0 aromatic carbocycles. The van der Waals surface area contributed by atoms with Crippen molar-refractivity contribution in [2.45, 2.75) is 0 Å². The molecule has 0 aliphatic carbocycles. The summed E-state index contributed by atoms with van der Waals surface area (Å²) in [7, 11) is 5.22. The zero-order valence-corrected chi connectivity index (χ0v) is 11.8. The molecule has 1 aromatic rings. The quantitative estimate of drug-likeness (QED) is 0.818. The van der Waals surface area contributed by atoms with Crippen molar-refractivity contribution in [1.29, 1.82) is 0 Å². The molecule has 1 rings (SSSR count). The first-order chi connectivity index (χ1) is 8.56. The van der Waals surface area contributed by atoms with Gasteiger partial charge in [-0.1, -0.05) is 6.07 Å². The molecule has 1 heterocycles. The van der Waals surface area contributed by atoms with Gasteiger partial charge in [0.2, 0.25) is 5.91 Å². The minimum Gasteiger partial charge on any atom is -0.343 e. The maximum Gasteiger partial charge on any atom is 0.264 e. The van der Waals surface area contributed by atoms with Crippen molar-refractivity contribution in [1.82, 2.24) is 15.1 Å². The first-order valence-corrected chi connectivity index (χ1v) is 6.61. The molecule has 18 heavy (non-hydrogen) atoms. The van der Waals surface area contributed by atoms with Gasteiger partial charge >= 0.3 is 0 Å². The van der Waals surface area contributed by atoms with E-state index in [0.717, 1.165) is 6.54 Å². The third-order valence-electron chi connectivity index (χ3n) is 2.57. The average molecular weight is 269 g/mol. The lowest BCUT2D eigenvalue weighted by Gasteiger charge is -2.21.